The Morgan fingerprint density at radius 3 is 2.60 bits per heavy atom. The molecule has 6 nitrogen and oxygen atoms in total. The molecule has 9 heteroatoms. The van der Waals surface area contributed by atoms with E-state index in [1.54, 1.807) is 10.8 Å². The lowest BCUT2D eigenvalue weighted by atomic mass is 10.1. The quantitative estimate of drug-likeness (QED) is 0.805. The number of nitrogens with zero attached hydrogens (tertiary/aromatic N) is 3. The van der Waals surface area contributed by atoms with Gasteiger partial charge in [0, 0.05) is 32.4 Å². The second kappa shape index (κ2) is 6.81. The molecule has 0 spiro atoms. The number of ether oxygens (including phenoxy) is 1. The van der Waals surface area contributed by atoms with E-state index in [9.17, 15) is 17.2 Å². The molecular weight excluding hydrogens is 352 g/mol. The Bertz CT molecular complexity index is 847. The maximum Gasteiger partial charge on any atom is 0.214 e. The van der Waals surface area contributed by atoms with Crippen molar-refractivity contribution in [3.05, 3.63) is 42.2 Å². The third-order valence-electron chi connectivity index (χ3n) is 4.36. The van der Waals surface area contributed by atoms with Crippen LogP contribution in [0.1, 0.15) is 6.04 Å². The summed E-state index contributed by atoms with van der Waals surface area (Å²) >= 11 is 0. The first kappa shape index (κ1) is 18.0. The third-order valence-corrected chi connectivity index (χ3v) is 6.32. The zero-order chi connectivity index (χ0) is 18.2. The Kier molecular flexibility index (Phi) is 4.90. The summed E-state index contributed by atoms with van der Waals surface area (Å²) in [6.07, 6.45) is 3.03. The maximum atomic E-state index is 14.1. The van der Waals surface area contributed by atoms with Gasteiger partial charge in [-0.1, -0.05) is 6.07 Å². The first-order chi connectivity index (χ1) is 11.8. The second-order valence-electron chi connectivity index (χ2n) is 6.18. The van der Waals surface area contributed by atoms with Crippen molar-refractivity contribution in [1.29, 1.82) is 0 Å². The summed E-state index contributed by atoms with van der Waals surface area (Å²) in [5.74, 6) is -1.76. The van der Waals surface area contributed by atoms with Crippen molar-refractivity contribution >= 4 is 10.0 Å². The number of halogens is 2. The number of sulfonamides is 1. The Morgan fingerprint density at radius 2 is 1.96 bits per heavy atom. The molecule has 0 N–H and O–H groups in total. The molecule has 3 rings (SSSR count). The molecule has 1 aromatic heterocycles. The fraction of sp³-hybridized carbons (Fsp3) is 0.438. The summed E-state index contributed by atoms with van der Waals surface area (Å²) in [7, 11) is -0.488. The number of benzene rings is 1. The monoisotopic (exact) mass is 371 g/mol. The van der Waals surface area contributed by atoms with Gasteiger partial charge in [0.15, 0.2) is 0 Å². The van der Waals surface area contributed by atoms with Crippen LogP contribution in [0.5, 0.6) is 0 Å². The highest BCUT2D eigenvalue weighted by Gasteiger charge is 2.35. The van der Waals surface area contributed by atoms with Gasteiger partial charge < -0.3 is 9.30 Å². The van der Waals surface area contributed by atoms with Crippen molar-refractivity contribution in [2.75, 3.05) is 33.1 Å². The van der Waals surface area contributed by atoms with Gasteiger partial charge in [-0.3, -0.25) is 0 Å². The number of aromatic nitrogens is 2. The van der Waals surface area contributed by atoms with Gasteiger partial charge in [0.25, 0.3) is 0 Å². The molecule has 2 atom stereocenters. The molecule has 2 heterocycles. The Labute approximate surface area is 145 Å². The summed E-state index contributed by atoms with van der Waals surface area (Å²) in [6, 6.07) is 3.24. The van der Waals surface area contributed by atoms with Crippen LogP contribution in [0.4, 0.5) is 8.78 Å². The van der Waals surface area contributed by atoms with E-state index in [0.29, 0.717) is 0 Å². The molecule has 0 bridgehead atoms. The summed E-state index contributed by atoms with van der Waals surface area (Å²) in [6.45, 7) is 0.516. The van der Waals surface area contributed by atoms with Gasteiger partial charge in [0.1, 0.15) is 17.5 Å². The van der Waals surface area contributed by atoms with Crippen LogP contribution in [0.15, 0.2) is 30.6 Å². The highest BCUT2D eigenvalue weighted by molar-refractivity contribution is 7.89. The topological polar surface area (TPSA) is 64.4 Å². The minimum absolute atomic E-state index is 0.109. The fourth-order valence-corrected chi connectivity index (χ4v) is 4.12. The van der Waals surface area contributed by atoms with Gasteiger partial charge in [-0.05, 0) is 12.1 Å². The zero-order valence-corrected chi connectivity index (χ0v) is 14.7. The standard InChI is InChI=1S/C16H19F2N3O3S/c1-20(2)25(22,23)10-11-8-24-9-14(11)21-7-6-19-16(21)15-12(17)4-3-5-13(15)18/h3-7,11,14H,8-10H2,1-2H3/t11-,14+/m0/s1. The molecule has 0 saturated carbocycles. The van der Waals surface area contributed by atoms with Gasteiger partial charge >= 0.3 is 0 Å². The average molecular weight is 371 g/mol. The molecule has 1 aliphatic rings. The van der Waals surface area contributed by atoms with Crippen LogP contribution in [0.2, 0.25) is 0 Å². The second-order valence-corrected chi connectivity index (χ2v) is 8.41. The van der Waals surface area contributed by atoms with Crippen molar-refractivity contribution in [2.45, 2.75) is 6.04 Å². The number of imidazole rings is 1. The Morgan fingerprint density at radius 1 is 1.28 bits per heavy atom. The van der Waals surface area contributed by atoms with Crippen LogP contribution in [-0.2, 0) is 14.8 Å². The van der Waals surface area contributed by atoms with Crippen molar-refractivity contribution in [1.82, 2.24) is 13.9 Å². The fourth-order valence-electron chi connectivity index (χ4n) is 2.96. The van der Waals surface area contributed by atoms with E-state index in [1.165, 1.54) is 26.4 Å². The Hall–Kier alpha value is -1.84. The van der Waals surface area contributed by atoms with E-state index < -0.39 is 21.7 Å². The highest BCUT2D eigenvalue weighted by atomic mass is 32.2. The zero-order valence-electron chi connectivity index (χ0n) is 13.9. The molecular formula is C16H19F2N3O3S. The molecule has 1 aromatic carbocycles. The van der Waals surface area contributed by atoms with Crippen LogP contribution in [0, 0.1) is 17.6 Å². The normalized spacial score (nSPS) is 21.2. The largest absolute Gasteiger partial charge is 0.379 e. The maximum absolute atomic E-state index is 14.1. The van der Waals surface area contributed by atoms with Gasteiger partial charge in [-0.2, -0.15) is 0 Å². The molecule has 1 aliphatic heterocycles. The van der Waals surface area contributed by atoms with Crippen molar-refractivity contribution in [3.8, 4) is 11.4 Å². The average Bonchev–Trinajstić information content (AvgIpc) is 3.15. The molecule has 1 fully saturated rings. The van der Waals surface area contributed by atoms with Crippen molar-refractivity contribution < 1.29 is 21.9 Å². The first-order valence-electron chi connectivity index (χ1n) is 7.76. The third kappa shape index (κ3) is 3.44. The van der Waals surface area contributed by atoms with Crippen LogP contribution in [-0.4, -0.2) is 55.3 Å². The van der Waals surface area contributed by atoms with Crippen LogP contribution >= 0.6 is 0 Å². The van der Waals surface area contributed by atoms with Gasteiger partial charge in [0.2, 0.25) is 10.0 Å². The summed E-state index contributed by atoms with van der Waals surface area (Å²) in [5, 5.41) is 0. The van der Waals surface area contributed by atoms with Gasteiger partial charge in [-0.25, -0.2) is 26.5 Å². The minimum Gasteiger partial charge on any atom is -0.379 e. The molecule has 25 heavy (non-hydrogen) atoms. The van der Waals surface area contributed by atoms with Crippen LogP contribution in [0.3, 0.4) is 0 Å². The smallest absolute Gasteiger partial charge is 0.214 e. The molecule has 0 aliphatic carbocycles. The predicted octanol–water partition coefficient (Wildman–Crippen LogP) is 1.91. The molecule has 0 radical (unpaired) electrons. The molecule has 2 aromatic rings. The minimum atomic E-state index is -3.43. The summed E-state index contributed by atoms with van der Waals surface area (Å²) in [5.41, 5.74) is -0.228. The lowest BCUT2D eigenvalue weighted by molar-refractivity contribution is 0.182. The summed E-state index contributed by atoms with van der Waals surface area (Å²) < 4.78 is 60.8. The number of rotatable bonds is 5. The number of hydrogen-bond donors (Lipinski definition) is 0. The lowest BCUT2D eigenvalue weighted by Crippen LogP contribution is -2.32. The number of hydrogen-bond acceptors (Lipinski definition) is 4. The van der Waals surface area contributed by atoms with Crippen molar-refractivity contribution in [3.63, 3.8) is 0 Å². The summed E-state index contributed by atoms with van der Waals surface area (Å²) in [4.78, 5) is 4.09. The van der Waals surface area contributed by atoms with Crippen molar-refractivity contribution in [2.24, 2.45) is 5.92 Å². The van der Waals surface area contributed by atoms with E-state index in [2.05, 4.69) is 4.98 Å². The van der Waals surface area contributed by atoms with E-state index in [-0.39, 0.29) is 42.3 Å². The van der Waals surface area contributed by atoms with E-state index in [0.717, 1.165) is 16.4 Å². The van der Waals surface area contributed by atoms with E-state index in [4.69, 9.17) is 4.74 Å². The van der Waals surface area contributed by atoms with E-state index >= 15 is 0 Å². The van der Waals surface area contributed by atoms with Crippen LogP contribution < -0.4 is 0 Å². The lowest BCUT2D eigenvalue weighted by Gasteiger charge is -2.22. The molecule has 0 amide bonds. The van der Waals surface area contributed by atoms with Gasteiger partial charge in [0.05, 0.1) is 30.6 Å². The predicted molar refractivity (Wildman–Crippen MR) is 88.4 cm³/mol. The molecule has 0 unspecified atom stereocenters. The highest BCUT2D eigenvalue weighted by Crippen LogP contribution is 2.33. The van der Waals surface area contributed by atoms with Gasteiger partial charge in [-0.15, -0.1) is 0 Å². The SMILES string of the molecule is CN(C)S(=O)(=O)C[C@@H]1COC[C@H]1n1ccnc1-c1c(F)cccc1F. The molecule has 136 valence electrons. The Balaban J connectivity index is 1.97. The van der Waals surface area contributed by atoms with Crippen LogP contribution in [0.25, 0.3) is 11.4 Å². The first-order valence-corrected chi connectivity index (χ1v) is 9.37. The van der Waals surface area contributed by atoms with E-state index in [1.807, 2.05) is 0 Å². The molecule has 1 saturated heterocycles.